The van der Waals surface area contributed by atoms with Crippen LogP contribution in [-0.2, 0) is 13.0 Å². The lowest BCUT2D eigenvalue weighted by Gasteiger charge is -2.07. The maximum Gasteiger partial charge on any atom is 0.390 e. The molecule has 1 atom stereocenters. The van der Waals surface area contributed by atoms with Gasteiger partial charge >= 0.3 is 6.18 Å². The van der Waals surface area contributed by atoms with Crippen molar-refractivity contribution in [1.29, 1.82) is 0 Å². The zero-order valence-electron chi connectivity index (χ0n) is 9.30. The topological polar surface area (TPSA) is 30.9 Å². The first-order chi connectivity index (χ1) is 7.40. The lowest BCUT2D eigenvalue weighted by atomic mass is 10.1. The molecule has 0 saturated heterocycles. The van der Waals surface area contributed by atoms with Crippen LogP contribution >= 0.6 is 0 Å². The molecule has 1 aromatic heterocycles. The summed E-state index contributed by atoms with van der Waals surface area (Å²) in [5, 5.41) is 0. The van der Waals surface area contributed by atoms with Crippen molar-refractivity contribution in [1.82, 2.24) is 4.57 Å². The zero-order valence-corrected chi connectivity index (χ0v) is 9.30. The van der Waals surface area contributed by atoms with Gasteiger partial charge < -0.3 is 10.3 Å². The van der Waals surface area contributed by atoms with Crippen LogP contribution < -0.4 is 5.73 Å². The van der Waals surface area contributed by atoms with Gasteiger partial charge in [0.25, 0.3) is 0 Å². The summed E-state index contributed by atoms with van der Waals surface area (Å²) >= 11 is 0. The van der Waals surface area contributed by atoms with Gasteiger partial charge in [-0.25, -0.2) is 0 Å². The second-order valence-electron chi connectivity index (χ2n) is 4.00. The monoisotopic (exact) mass is 234 g/mol. The minimum absolute atomic E-state index is 0.0230. The van der Waals surface area contributed by atoms with Crippen LogP contribution in [-0.4, -0.2) is 16.8 Å². The van der Waals surface area contributed by atoms with Crippen LogP contribution in [0, 0.1) is 0 Å². The summed E-state index contributed by atoms with van der Waals surface area (Å²) in [6, 6.07) is 1.91. The number of hydrogen-bond acceptors (Lipinski definition) is 1. The molecule has 1 heterocycles. The van der Waals surface area contributed by atoms with Crippen LogP contribution in [0.4, 0.5) is 13.2 Å². The summed E-state index contributed by atoms with van der Waals surface area (Å²) in [5.41, 5.74) is 6.76. The second kappa shape index (κ2) is 5.39. The third-order valence-electron chi connectivity index (χ3n) is 2.49. The van der Waals surface area contributed by atoms with Crippen molar-refractivity contribution < 1.29 is 13.2 Å². The average Bonchev–Trinajstić information content (AvgIpc) is 2.61. The van der Waals surface area contributed by atoms with Crippen molar-refractivity contribution in [2.75, 3.05) is 0 Å². The SMILES string of the molecule is CCC(N)Cc1ccn(CCC(F)(F)F)c1. The molecule has 0 spiro atoms. The van der Waals surface area contributed by atoms with Gasteiger partial charge in [0.05, 0.1) is 6.42 Å². The quantitative estimate of drug-likeness (QED) is 0.834. The Balaban J connectivity index is 2.45. The molecular weight excluding hydrogens is 217 g/mol. The van der Waals surface area contributed by atoms with Crippen LogP contribution in [0.25, 0.3) is 0 Å². The average molecular weight is 234 g/mol. The van der Waals surface area contributed by atoms with E-state index in [9.17, 15) is 13.2 Å². The number of hydrogen-bond donors (Lipinski definition) is 1. The van der Waals surface area contributed by atoms with Gasteiger partial charge in [0.1, 0.15) is 0 Å². The molecule has 1 aromatic rings. The fourth-order valence-corrected chi connectivity index (χ4v) is 1.45. The molecule has 0 amide bonds. The highest BCUT2D eigenvalue weighted by Gasteiger charge is 2.26. The van der Waals surface area contributed by atoms with Crippen LogP contribution in [0.2, 0.25) is 0 Å². The number of rotatable bonds is 5. The minimum atomic E-state index is -4.09. The highest BCUT2D eigenvalue weighted by atomic mass is 19.4. The maximum atomic E-state index is 12.0. The molecule has 0 aliphatic heterocycles. The fraction of sp³-hybridized carbons (Fsp3) is 0.636. The number of halogens is 3. The molecule has 0 saturated carbocycles. The van der Waals surface area contributed by atoms with Gasteiger partial charge in [-0.2, -0.15) is 13.2 Å². The molecule has 0 aliphatic carbocycles. The Labute approximate surface area is 93.2 Å². The van der Waals surface area contributed by atoms with Crippen LogP contribution in [0.3, 0.4) is 0 Å². The summed E-state index contributed by atoms with van der Waals surface area (Å²) < 4.78 is 37.5. The Hall–Kier alpha value is -0.970. The predicted octanol–water partition coefficient (Wildman–Crippen LogP) is 2.72. The van der Waals surface area contributed by atoms with Crippen molar-refractivity contribution in [3.63, 3.8) is 0 Å². The van der Waals surface area contributed by atoms with Crippen molar-refractivity contribution >= 4 is 0 Å². The van der Waals surface area contributed by atoms with Gasteiger partial charge in [0, 0.05) is 25.0 Å². The van der Waals surface area contributed by atoms with E-state index < -0.39 is 12.6 Å². The lowest BCUT2D eigenvalue weighted by molar-refractivity contribution is -0.136. The summed E-state index contributed by atoms with van der Waals surface area (Å²) in [6.45, 7) is 1.97. The zero-order chi connectivity index (χ0) is 12.2. The highest BCUT2D eigenvalue weighted by Crippen LogP contribution is 2.20. The molecule has 92 valence electrons. The molecule has 0 bridgehead atoms. The summed E-state index contributed by atoms with van der Waals surface area (Å²) in [7, 11) is 0. The van der Waals surface area contributed by atoms with Crippen molar-refractivity contribution in [2.45, 2.75) is 44.9 Å². The normalized spacial score (nSPS) is 14.1. The fourth-order valence-electron chi connectivity index (χ4n) is 1.45. The smallest absolute Gasteiger partial charge is 0.354 e. The molecule has 0 aromatic carbocycles. The first-order valence-electron chi connectivity index (χ1n) is 5.37. The van der Waals surface area contributed by atoms with E-state index in [1.165, 1.54) is 0 Å². The van der Waals surface area contributed by atoms with E-state index in [1.807, 2.05) is 13.0 Å². The van der Waals surface area contributed by atoms with Gasteiger partial charge in [-0.3, -0.25) is 0 Å². The molecule has 0 aliphatic rings. The molecule has 1 rings (SSSR count). The van der Waals surface area contributed by atoms with E-state index in [1.54, 1.807) is 17.0 Å². The van der Waals surface area contributed by atoms with E-state index in [0.29, 0.717) is 0 Å². The standard InChI is InChI=1S/C11H17F3N2/c1-2-10(15)7-9-3-5-16(8-9)6-4-11(12,13)14/h3,5,8,10H,2,4,6-7,15H2,1H3. The van der Waals surface area contributed by atoms with E-state index in [2.05, 4.69) is 0 Å². The predicted molar refractivity (Wildman–Crippen MR) is 57.1 cm³/mol. The third kappa shape index (κ3) is 4.70. The van der Waals surface area contributed by atoms with Crippen LogP contribution in [0.5, 0.6) is 0 Å². The number of nitrogens with zero attached hydrogens (tertiary/aromatic N) is 1. The van der Waals surface area contributed by atoms with Crippen molar-refractivity contribution in [3.05, 3.63) is 24.0 Å². The second-order valence-corrected chi connectivity index (χ2v) is 4.00. The minimum Gasteiger partial charge on any atom is -0.354 e. The lowest BCUT2D eigenvalue weighted by Crippen LogP contribution is -2.21. The van der Waals surface area contributed by atoms with Crippen molar-refractivity contribution in [2.24, 2.45) is 5.73 Å². The molecule has 0 fully saturated rings. The molecule has 2 nitrogen and oxygen atoms in total. The Morgan fingerprint density at radius 3 is 2.69 bits per heavy atom. The van der Waals surface area contributed by atoms with Gasteiger partial charge in [-0.1, -0.05) is 6.92 Å². The molecular formula is C11H17F3N2. The van der Waals surface area contributed by atoms with E-state index in [-0.39, 0.29) is 12.6 Å². The summed E-state index contributed by atoms with van der Waals surface area (Å²) in [5.74, 6) is 0. The number of alkyl halides is 3. The van der Waals surface area contributed by atoms with Crippen LogP contribution in [0.15, 0.2) is 18.5 Å². The first kappa shape index (κ1) is 13.1. The Morgan fingerprint density at radius 1 is 1.44 bits per heavy atom. The molecule has 5 heteroatoms. The van der Waals surface area contributed by atoms with Gasteiger partial charge in [-0.05, 0) is 24.5 Å². The summed E-state index contributed by atoms with van der Waals surface area (Å²) in [6.07, 6.45) is 0.110. The number of aryl methyl sites for hydroxylation is 1. The van der Waals surface area contributed by atoms with E-state index >= 15 is 0 Å². The van der Waals surface area contributed by atoms with E-state index in [4.69, 9.17) is 5.73 Å². The Bertz CT molecular complexity index is 317. The van der Waals surface area contributed by atoms with Crippen molar-refractivity contribution in [3.8, 4) is 0 Å². The molecule has 0 radical (unpaired) electrons. The first-order valence-corrected chi connectivity index (χ1v) is 5.37. The van der Waals surface area contributed by atoms with E-state index in [0.717, 1.165) is 18.4 Å². The molecule has 1 unspecified atom stereocenters. The Morgan fingerprint density at radius 2 is 2.12 bits per heavy atom. The van der Waals surface area contributed by atoms with Gasteiger partial charge in [0.2, 0.25) is 0 Å². The van der Waals surface area contributed by atoms with Crippen LogP contribution in [0.1, 0.15) is 25.3 Å². The summed E-state index contributed by atoms with van der Waals surface area (Å²) in [4.78, 5) is 0. The highest BCUT2D eigenvalue weighted by molar-refractivity contribution is 5.11. The van der Waals surface area contributed by atoms with Gasteiger partial charge in [-0.15, -0.1) is 0 Å². The molecule has 16 heavy (non-hydrogen) atoms. The third-order valence-corrected chi connectivity index (χ3v) is 2.49. The number of nitrogens with two attached hydrogens (primary N) is 1. The molecule has 2 N–H and O–H groups in total. The Kier molecular flexibility index (Phi) is 4.41. The largest absolute Gasteiger partial charge is 0.390 e. The number of aromatic nitrogens is 1. The van der Waals surface area contributed by atoms with Gasteiger partial charge in [0.15, 0.2) is 0 Å². The maximum absolute atomic E-state index is 12.0.